The molecular formula is C11H17OSi. The summed E-state index contributed by atoms with van der Waals surface area (Å²) in [6.45, 7) is 5.22. The van der Waals surface area contributed by atoms with Crippen molar-refractivity contribution in [3.63, 3.8) is 0 Å². The van der Waals surface area contributed by atoms with E-state index in [1.165, 1.54) is 18.0 Å². The molecule has 0 heterocycles. The molecule has 1 aromatic carbocycles. The van der Waals surface area contributed by atoms with Crippen molar-refractivity contribution in [3.8, 4) is 0 Å². The Labute approximate surface area is 82.5 Å². The summed E-state index contributed by atoms with van der Waals surface area (Å²) in [6, 6.07) is 11.6. The van der Waals surface area contributed by atoms with E-state index in [1.54, 1.807) is 0 Å². The molecule has 0 unspecified atom stereocenters. The minimum absolute atomic E-state index is 0.538. The van der Waals surface area contributed by atoms with E-state index in [4.69, 9.17) is 4.43 Å². The summed E-state index contributed by atoms with van der Waals surface area (Å²) in [4.78, 5) is 0. The normalized spacial score (nSPS) is 10.7. The summed E-state index contributed by atoms with van der Waals surface area (Å²) in [6.07, 6.45) is 1.24. The fourth-order valence-electron chi connectivity index (χ4n) is 1.20. The highest BCUT2D eigenvalue weighted by molar-refractivity contribution is 6.50. The van der Waals surface area contributed by atoms with E-state index in [0.717, 1.165) is 6.61 Å². The van der Waals surface area contributed by atoms with Crippen LogP contribution < -0.4 is 0 Å². The van der Waals surface area contributed by atoms with Gasteiger partial charge in [0.15, 0.2) is 0 Å². The molecule has 2 heteroatoms. The molecular weight excluding hydrogens is 176 g/mol. The molecule has 1 aromatic rings. The minimum Gasteiger partial charge on any atom is -0.413 e. The van der Waals surface area contributed by atoms with E-state index >= 15 is 0 Å². The first-order chi connectivity index (χ1) is 6.33. The van der Waals surface area contributed by atoms with Crippen LogP contribution >= 0.6 is 0 Å². The van der Waals surface area contributed by atoms with Gasteiger partial charge in [-0.1, -0.05) is 43.7 Å². The predicted octanol–water partition coefficient (Wildman–Crippen LogP) is 3.23. The predicted molar refractivity (Wildman–Crippen MR) is 57.9 cm³/mol. The second kappa shape index (κ2) is 5.94. The van der Waals surface area contributed by atoms with Crippen LogP contribution in [0.2, 0.25) is 12.6 Å². The van der Waals surface area contributed by atoms with Gasteiger partial charge in [0.25, 0.3) is 0 Å². The summed E-state index contributed by atoms with van der Waals surface area (Å²) >= 11 is 0. The van der Waals surface area contributed by atoms with Crippen LogP contribution in [0.4, 0.5) is 0 Å². The smallest absolute Gasteiger partial charge is 0.208 e. The molecule has 0 aromatic heterocycles. The summed E-state index contributed by atoms with van der Waals surface area (Å²) in [5.74, 6) is 0. The molecule has 1 radical (unpaired) electrons. The first-order valence-corrected chi connectivity index (χ1v) is 6.93. The maximum absolute atomic E-state index is 5.77. The highest BCUT2D eigenvalue weighted by Gasteiger charge is 2.03. The van der Waals surface area contributed by atoms with Gasteiger partial charge < -0.3 is 4.43 Å². The lowest BCUT2D eigenvalue weighted by molar-refractivity contribution is 0.310. The third-order valence-electron chi connectivity index (χ3n) is 1.93. The third-order valence-corrected chi connectivity index (χ3v) is 3.77. The Morgan fingerprint density at radius 1 is 1.23 bits per heavy atom. The number of hydrogen-bond donors (Lipinski definition) is 0. The van der Waals surface area contributed by atoms with Gasteiger partial charge in [0.2, 0.25) is 9.04 Å². The molecule has 71 valence electrons. The summed E-state index contributed by atoms with van der Waals surface area (Å²) in [5, 5.41) is 0. The quantitative estimate of drug-likeness (QED) is 0.652. The van der Waals surface area contributed by atoms with Gasteiger partial charge in [0.1, 0.15) is 0 Å². The van der Waals surface area contributed by atoms with Gasteiger partial charge in [0.05, 0.1) is 6.61 Å². The fraction of sp³-hybridized carbons (Fsp3) is 0.455. The van der Waals surface area contributed by atoms with Crippen LogP contribution in [0.15, 0.2) is 30.3 Å². The lowest BCUT2D eigenvalue weighted by Gasteiger charge is -2.09. The number of benzene rings is 1. The summed E-state index contributed by atoms with van der Waals surface area (Å²) < 4.78 is 5.77. The van der Waals surface area contributed by atoms with Crippen molar-refractivity contribution in [3.05, 3.63) is 35.9 Å². The molecule has 0 saturated heterocycles. The first-order valence-electron chi connectivity index (χ1n) is 4.82. The zero-order chi connectivity index (χ0) is 9.52. The maximum Gasteiger partial charge on any atom is 0.208 e. The molecule has 0 aliphatic carbocycles. The van der Waals surface area contributed by atoms with Crippen molar-refractivity contribution < 1.29 is 4.43 Å². The van der Waals surface area contributed by atoms with Gasteiger partial charge in [-0.05, 0) is 18.2 Å². The molecule has 1 rings (SSSR count). The van der Waals surface area contributed by atoms with Crippen molar-refractivity contribution in [2.45, 2.75) is 32.5 Å². The van der Waals surface area contributed by atoms with Crippen LogP contribution in [0.1, 0.15) is 18.9 Å². The minimum atomic E-state index is -0.538. The molecule has 0 aliphatic heterocycles. The van der Waals surface area contributed by atoms with E-state index in [0.29, 0.717) is 0 Å². The van der Waals surface area contributed by atoms with Gasteiger partial charge in [-0.2, -0.15) is 0 Å². The average molecular weight is 193 g/mol. The Morgan fingerprint density at radius 2 is 1.92 bits per heavy atom. The molecule has 0 atom stereocenters. The fourth-order valence-corrected chi connectivity index (χ4v) is 2.47. The highest BCUT2D eigenvalue weighted by atomic mass is 28.3. The van der Waals surface area contributed by atoms with Crippen molar-refractivity contribution in [2.75, 3.05) is 0 Å². The van der Waals surface area contributed by atoms with E-state index in [1.807, 2.05) is 6.07 Å². The molecule has 0 saturated carbocycles. The lowest BCUT2D eigenvalue weighted by Crippen LogP contribution is -2.12. The largest absolute Gasteiger partial charge is 0.413 e. The Hall–Kier alpha value is -0.603. The number of hydrogen-bond acceptors (Lipinski definition) is 1. The molecule has 0 spiro atoms. The lowest BCUT2D eigenvalue weighted by atomic mass is 10.2. The van der Waals surface area contributed by atoms with Gasteiger partial charge in [-0.25, -0.2) is 0 Å². The Kier molecular flexibility index (Phi) is 4.79. The van der Waals surface area contributed by atoms with Crippen LogP contribution in [0, 0.1) is 0 Å². The van der Waals surface area contributed by atoms with Crippen LogP contribution in [-0.2, 0) is 11.0 Å². The molecule has 1 nitrogen and oxygen atoms in total. The standard InChI is InChI=1S/C11H17OSi/c1-3-9-13(2)12-10-11-7-5-4-6-8-11/h4-8H,3,9-10H2,1-2H3. The van der Waals surface area contributed by atoms with Gasteiger partial charge in [-0.3, -0.25) is 0 Å². The summed E-state index contributed by atoms with van der Waals surface area (Å²) in [5.41, 5.74) is 1.28. The van der Waals surface area contributed by atoms with Crippen LogP contribution in [-0.4, -0.2) is 9.04 Å². The van der Waals surface area contributed by atoms with Gasteiger partial charge in [0, 0.05) is 0 Å². The van der Waals surface area contributed by atoms with Crippen molar-refractivity contribution >= 4 is 9.04 Å². The number of rotatable bonds is 5. The molecule has 0 N–H and O–H groups in total. The van der Waals surface area contributed by atoms with Crippen molar-refractivity contribution in [2.24, 2.45) is 0 Å². The monoisotopic (exact) mass is 193 g/mol. The summed E-state index contributed by atoms with van der Waals surface area (Å²) in [7, 11) is -0.538. The SMILES string of the molecule is CCC[Si](C)OCc1ccccc1. The second-order valence-corrected chi connectivity index (χ2v) is 5.42. The van der Waals surface area contributed by atoms with Crippen LogP contribution in [0.5, 0.6) is 0 Å². The third kappa shape index (κ3) is 4.25. The molecule has 0 aliphatic rings. The zero-order valence-electron chi connectivity index (χ0n) is 8.42. The molecule has 0 fully saturated rings. The van der Waals surface area contributed by atoms with Crippen molar-refractivity contribution in [1.82, 2.24) is 0 Å². The van der Waals surface area contributed by atoms with Crippen LogP contribution in [0.25, 0.3) is 0 Å². The first kappa shape index (κ1) is 10.5. The zero-order valence-corrected chi connectivity index (χ0v) is 9.42. The van der Waals surface area contributed by atoms with E-state index in [9.17, 15) is 0 Å². The van der Waals surface area contributed by atoms with E-state index < -0.39 is 9.04 Å². The molecule has 0 amide bonds. The Balaban J connectivity index is 2.27. The Morgan fingerprint density at radius 3 is 2.54 bits per heavy atom. The molecule has 0 bridgehead atoms. The van der Waals surface area contributed by atoms with Gasteiger partial charge >= 0.3 is 0 Å². The molecule has 13 heavy (non-hydrogen) atoms. The van der Waals surface area contributed by atoms with E-state index in [-0.39, 0.29) is 0 Å². The van der Waals surface area contributed by atoms with E-state index in [2.05, 4.69) is 37.7 Å². The topological polar surface area (TPSA) is 9.23 Å². The Bertz CT molecular complexity index is 223. The van der Waals surface area contributed by atoms with Crippen molar-refractivity contribution in [1.29, 1.82) is 0 Å². The average Bonchev–Trinajstić information content (AvgIpc) is 2.17. The van der Waals surface area contributed by atoms with Gasteiger partial charge in [-0.15, -0.1) is 0 Å². The highest BCUT2D eigenvalue weighted by Crippen LogP contribution is 2.04. The van der Waals surface area contributed by atoms with Crippen LogP contribution in [0.3, 0.4) is 0 Å². The second-order valence-electron chi connectivity index (χ2n) is 3.23. The maximum atomic E-state index is 5.77.